The summed E-state index contributed by atoms with van der Waals surface area (Å²) in [5, 5.41) is 4.65. The van der Waals surface area contributed by atoms with Crippen molar-refractivity contribution >= 4 is 32.2 Å². The zero-order valence-electron chi connectivity index (χ0n) is 15.8. The Kier molecular flexibility index (Phi) is 6.16. The van der Waals surface area contributed by atoms with Crippen molar-refractivity contribution in [1.29, 1.82) is 0 Å². The molecule has 1 aromatic carbocycles. The fraction of sp³-hybridized carbons (Fsp3) is 0.474. The molecule has 0 atom stereocenters. The van der Waals surface area contributed by atoms with Crippen molar-refractivity contribution in [3.05, 3.63) is 35.5 Å². The first-order valence-corrected chi connectivity index (χ1v) is 11.6. The van der Waals surface area contributed by atoms with Gasteiger partial charge in [-0.3, -0.25) is 4.79 Å². The van der Waals surface area contributed by atoms with E-state index in [1.54, 1.807) is 17.5 Å². The topological polar surface area (TPSA) is 85.4 Å². The zero-order chi connectivity index (χ0) is 20.4. The highest BCUT2D eigenvalue weighted by Crippen LogP contribution is 2.28. The van der Waals surface area contributed by atoms with Gasteiger partial charge in [0, 0.05) is 24.2 Å². The van der Waals surface area contributed by atoms with Gasteiger partial charge in [-0.05, 0) is 56.9 Å². The van der Waals surface area contributed by atoms with Gasteiger partial charge >= 0.3 is 0 Å². The third kappa shape index (κ3) is 4.59. The number of hydrogen-bond acceptors (Lipinski definition) is 6. The van der Waals surface area contributed by atoms with Crippen LogP contribution in [-0.2, 0) is 19.4 Å². The normalized spacial score (nSPS) is 16.1. The van der Waals surface area contributed by atoms with Gasteiger partial charge in [-0.1, -0.05) is 0 Å². The maximum Gasteiger partial charge on any atom is 0.247 e. The molecular formula is C19H23FN2O4S2. The molecule has 0 radical (unpaired) electrons. The van der Waals surface area contributed by atoms with E-state index in [4.69, 9.17) is 4.74 Å². The summed E-state index contributed by atoms with van der Waals surface area (Å²) < 4.78 is 42.5. The number of hydrogen-bond donors (Lipinski definition) is 1. The van der Waals surface area contributed by atoms with Crippen molar-refractivity contribution in [3.63, 3.8) is 0 Å². The van der Waals surface area contributed by atoms with Crippen LogP contribution < -0.4 is 5.32 Å². The number of sulfone groups is 1. The predicted molar refractivity (Wildman–Crippen MR) is 108 cm³/mol. The Morgan fingerprint density at radius 2 is 1.93 bits per heavy atom. The SMILES string of the molecule is CC(C)(C(=O)Nc1nc(-c2ccc(F)cc2)cs1)S(=O)(=O)CC1CCOCC1. The van der Waals surface area contributed by atoms with Gasteiger partial charge in [0.1, 0.15) is 10.6 Å². The summed E-state index contributed by atoms with van der Waals surface area (Å²) in [7, 11) is -3.66. The summed E-state index contributed by atoms with van der Waals surface area (Å²) in [5.41, 5.74) is 1.30. The Morgan fingerprint density at radius 3 is 2.57 bits per heavy atom. The molecule has 0 bridgehead atoms. The van der Waals surface area contributed by atoms with Crippen LogP contribution in [0.25, 0.3) is 11.3 Å². The molecule has 28 heavy (non-hydrogen) atoms. The second-order valence-corrected chi connectivity index (χ2v) is 10.8. The Labute approximate surface area is 168 Å². The van der Waals surface area contributed by atoms with E-state index in [0.29, 0.717) is 42.4 Å². The van der Waals surface area contributed by atoms with Crippen LogP contribution in [0.15, 0.2) is 29.6 Å². The average molecular weight is 427 g/mol. The minimum atomic E-state index is -3.66. The van der Waals surface area contributed by atoms with Gasteiger partial charge in [0.15, 0.2) is 15.0 Å². The van der Waals surface area contributed by atoms with Crippen LogP contribution in [0.4, 0.5) is 9.52 Å². The van der Waals surface area contributed by atoms with Crippen molar-refractivity contribution in [2.24, 2.45) is 5.92 Å². The van der Waals surface area contributed by atoms with Crippen LogP contribution in [0, 0.1) is 11.7 Å². The monoisotopic (exact) mass is 426 g/mol. The van der Waals surface area contributed by atoms with Gasteiger partial charge in [0.2, 0.25) is 5.91 Å². The van der Waals surface area contributed by atoms with Gasteiger partial charge in [-0.25, -0.2) is 17.8 Å². The maximum absolute atomic E-state index is 13.1. The Morgan fingerprint density at radius 1 is 1.29 bits per heavy atom. The molecule has 0 aliphatic carbocycles. The van der Waals surface area contributed by atoms with Gasteiger partial charge in [-0.2, -0.15) is 0 Å². The second-order valence-electron chi connectivity index (χ2n) is 7.35. The number of rotatable bonds is 6. The lowest BCUT2D eigenvalue weighted by Crippen LogP contribution is -2.47. The lowest BCUT2D eigenvalue weighted by molar-refractivity contribution is -0.117. The van der Waals surface area contributed by atoms with E-state index in [9.17, 15) is 17.6 Å². The number of benzene rings is 1. The van der Waals surface area contributed by atoms with Gasteiger partial charge in [0.25, 0.3) is 0 Å². The van der Waals surface area contributed by atoms with E-state index in [0.717, 1.165) is 0 Å². The first kappa shape index (κ1) is 20.9. The molecule has 9 heteroatoms. The smallest absolute Gasteiger partial charge is 0.247 e. The average Bonchev–Trinajstić information content (AvgIpc) is 3.11. The van der Waals surface area contributed by atoms with Crippen LogP contribution in [0.1, 0.15) is 26.7 Å². The quantitative estimate of drug-likeness (QED) is 0.764. The number of nitrogens with zero attached hydrogens (tertiary/aromatic N) is 1. The molecule has 6 nitrogen and oxygen atoms in total. The van der Waals surface area contributed by atoms with E-state index in [2.05, 4.69) is 10.3 Å². The third-order valence-electron chi connectivity index (χ3n) is 4.98. The van der Waals surface area contributed by atoms with Crippen molar-refractivity contribution in [2.45, 2.75) is 31.4 Å². The second kappa shape index (κ2) is 8.26. The summed E-state index contributed by atoms with van der Waals surface area (Å²) in [5.74, 6) is -0.977. The van der Waals surface area contributed by atoms with Gasteiger partial charge in [0.05, 0.1) is 11.4 Å². The van der Waals surface area contributed by atoms with E-state index < -0.39 is 20.5 Å². The number of halogens is 1. The Bertz CT molecular complexity index is 933. The highest BCUT2D eigenvalue weighted by atomic mass is 32.2. The highest BCUT2D eigenvalue weighted by Gasteiger charge is 2.43. The molecule has 3 rings (SSSR count). The van der Waals surface area contributed by atoms with E-state index >= 15 is 0 Å². The van der Waals surface area contributed by atoms with Crippen molar-refractivity contribution in [3.8, 4) is 11.3 Å². The van der Waals surface area contributed by atoms with Gasteiger partial charge in [-0.15, -0.1) is 11.3 Å². The van der Waals surface area contributed by atoms with Crippen molar-refractivity contribution < 1.29 is 22.3 Å². The molecule has 2 aromatic rings. The van der Waals surface area contributed by atoms with Crippen LogP contribution >= 0.6 is 11.3 Å². The summed E-state index contributed by atoms with van der Waals surface area (Å²) in [6.45, 7) is 3.95. The van der Waals surface area contributed by atoms with Crippen molar-refractivity contribution in [2.75, 3.05) is 24.3 Å². The minimum absolute atomic E-state index is 0.00997. The summed E-state index contributed by atoms with van der Waals surface area (Å²) in [4.78, 5) is 17.0. The molecule has 1 amide bonds. The largest absolute Gasteiger partial charge is 0.381 e. The van der Waals surface area contributed by atoms with E-state index in [-0.39, 0.29) is 17.5 Å². The Balaban J connectivity index is 1.69. The predicted octanol–water partition coefficient (Wildman–Crippen LogP) is 3.51. The third-order valence-corrected chi connectivity index (χ3v) is 8.39. The van der Waals surface area contributed by atoms with Crippen LogP contribution in [0.2, 0.25) is 0 Å². The number of nitrogens with one attached hydrogen (secondary N) is 1. The first-order valence-electron chi connectivity index (χ1n) is 9.02. The molecule has 0 saturated carbocycles. The Hall–Kier alpha value is -1.84. The molecule has 1 aliphatic heterocycles. The number of ether oxygens (including phenoxy) is 1. The van der Waals surface area contributed by atoms with Crippen LogP contribution in [0.3, 0.4) is 0 Å². The van der Waals surface area contributed by atoms with Crippen LogP contribution in [-0.4, -0.2) is 43.0 Å². The summed E-state index contributed by atoms with van der Waals surface area (Å²) in [6, 6.07) is 5.86. The lowest BCUT2D eigenvalue weighted by Gasteiger charge is -2.28. The number of thiazole rings is 1. The molecule has 2 heterocycles. The molecule has 1 aromatic heterocycles. The molecule has 0 spiro atoms. The first-order chi connectivity index (χ1) is 13.2. The number of aromatic nitrogens is 1. The molecule has 1 fully saturated rings. The number of amides is 1. The van der Waals surface area contributed by atoms with Crippen LogP contribution in [0.5, 0.6) is 0 Å². The van der Waals surface area contributed by atoms with Crippen molar-refractivity contribution in [1.82, 2.24) is 4.98 Å². The minimum Gasteiger partial charge on any atom is -0.381 e. The number of carbonyl (C=O) groups excluding carboxylic acids is 1. The zero-order valence-corrected chi connectivity index (χ0v) is 17.4. The fourth-order valence-corrected chi connectivity index (χ4v) is 5.32. The summed E-state index contributed by atoms with van der Waals surface area (Å²) >= 11 is 1.19. The maximum atomic E-state index is 13.1. The molecule has 152 valence electrons. The molecular weight excluding hydrogens is 403 g/mol. The standard InChI is InChI=1S/C19H23FN2O4S2/c1-19(2,28(24,25)12-13-7-9-26-10-8-13)17(23)22-18-21-16(11-27-18)14-3-5-15(20)6-4-14/h3-6,11,13H,7-10,12H2,1-2H3,(H,21,22,23). The van der Waals surface area contributed by atoms with Gasteiger partial charge < -0.3 is 10.1 Å². The number of anilines is 1. The fourth-order valence-electron chi connectivity index (χ4n) is 2.90. The molecule has 1 aliphatic rings. The van der Waals surface area contributed by atoms with E-state index in [1.165, 1.54) is 37.3 Å². The molecule has 0 unspecified atom stereocenters. The highest BCUT2D eigenvalue weighted by molar-refractivity contribution is 7.93. The molecule has 1 saturated heterocycles. The number of carbonyl (C=O) groups is 1. The van der Waals surface area contributed by atoms with E-state index in [1.807, 2.05) is 0 Å². The molecule has 1 N–H and O–H groups in total. The lowest BCUT2D eigenvalue weighted by atomic mass is 10.0. The summed E-state index contributed by atoms with van der Waals surface area (Å²) in [6.07, 6.45) is 1.37.